The Morgan fingerprint density at radius 1 is 1.00 bits per heavy atom. The summed E-state index contributed by atoms with van der Waals surface area (Å²) in [4.78, 5) is 0. The molecule has 1 heterocycles. The van der Waals surface area contributed by atoms with E-state index in [2.05, 4.69) is 12.2 Å². The maximum absolute atomic E-state index is 6.24. The van der Waals surface area contributed by atoms with E-state index in [-0.39, 0.29) is 0 Å². The van der Waals surface area contributed by atoms with Crippen LogP contribution in [0.4, 0.5) is 5.69 Å². The molecule has 1 aromatic carbocycles. The lowest BCUT2D eigenvalue weighted by molar-refractivity contribution is 0.171. The Morgan fingerprint density at radius 2 is 1.65 bits per heavy atom. The van der Waals surface area contributed by atoms with Crippen LogP contribution in [0.25, 0.3) is 0 Å². The minimum absolute atomic E-state index is 0.591. The van der Waals surface area contributed by atoms with Crippen molar-refractivity contribution in [1.29, 1.82) is 0 Å². The van der Waals surface area contributed by atoms with Crippen LogP contribution in [0.1, 0.15) is 45.4 Å². The average Bonchev–Trinajstić information content (AvgIpc) is 2.46. The Morgan fingerprint density at radius 3 is 2.40 bits per heavy atom. The molecule has 0 unspecified atom stereocenters. The van der Waals surface area contributed by atoms with Crippen LogP contribution in [0.2, 0.25) is 5.02 Å². The van der Waals surface area contributed by atoms with Gasteiger partial charge in [-0.2, -0.15) is 0 Å². The van der Waals surface area contributed by atoms with Crippen molar-refractivity contribution in [2.45, 2.75) is 45.4 Å². The number of hydrogen-bond acceptors (Lipinski definition) is 3. The van der Waals surface area contributed by atoms with Crippen molar-refractivity contribution in [3.8, 4) is 11.5 Å². The third-order valence-corrected chi connectivity index (χ3v) is 3.79. The lowest BCUT2D eigenvalue weighted by Gasteiger charge is -2.20. The van der Waals surface area contributed by atoms with Crippen molar-refractivity contribution in [3.63, 3.8) is 0 Å². The van der Waals surface area contributed by atoms with E-state index in [4.69, 9.17) is 21.1 Å². The third-order valence-electron chi connectivity index (χ3n) is 3.48. The van der Waals surface area contributed by atoms with E-state index in [0.29, 0.717) is 18.2 Å². The molecular weight excluding hydrogens is 274 g/mol. The number of anilines is 1. The molecular formula is C16H24ClNO2. The molecule has 112 valence electrons. The monoisotopic (exact) mass is 297 g/mol. The van der Waals surface area contributed by atoms with Gasteiger partial charge in [-0.1, -0.05) is 50.6 Å². The molecule has 0 spiro atoms. The molecule has 3 nitrogen and oxygen atoms in total. The van der Waals surface area contributed by atoms with E-state index < -0.39 is 0 Å². The predicted molar refractivity (Wildman–Crippen MR) is 84.3 cm³/mol. The maximum Gasteiger partial charge on any atom is 0.163 e. The molecule has 2 rings (SSSR count). The third kappa shape index (κ3) is 4.48. The zero-order chi connectivity index (χ0) is 14.2. The van der Waals surface area contributed by atoms with Crippen LogP contribution in [0.3, 0.4) is 0 Å². The van der Waals surface area contributed by atoms with E-state index >= 15 is 0 Å². The fourth-order valence-electron chi connectivity index (χ4n) is 2.33. The number of rotatable bonds is 8. The summed E-state index contributed by atoms with van der Waals surface area (Å²) in [5, 5.41) is 4.08. The summed E-state index contributed by atoms with van der Waals surface area (Å²) in [6, 6.07) is 3.77. The van der Waals surface area contributed by atoms with Crippen LogP contribution in [0.5, 0.6) is 11.5 Å². The first-order chi connectivity index (χ1) is 9.81. The highest BCUT2D eigenvalue weighted by Gasteiger charge is 2.14. The number of unbranched alkanes of at least 4 members (excludes halogenated alkanes) is 5. The van der Waals surface area contributed by atoms with Crippen molar-refractivity contribution < 1.29 is 9.47 Å². The van der Waals surface area contributed by atoms with Crippen LogP contribution in [-0.2, 0) is 0 Å². The molecule has 0 amide bonds. The molecule has 0 bridgehead atoms. The fourth-order valence-corrected chi connectivity index (χ4v) is 2.55. The molecule has 0 radical (unpaired) electrons. The molecule has 0 saturated carbocycles. The number of ether oxygens (including phenoxy) is 2. The Bertz CT molecular complexity index is 423. The van der Waals surface area contributed by atoms with Crippen LogP contribution in [0, 0.1) is 0 Å². The SMILES string of the molecule is CCCCCCCCNc1cc2c(cc1Cl)OCCO2. The van der Waals surface area contributed by atoms with Gasteiger partial charge in [0.05, 0.1) is 10.7 Å². The highest BCUT2D eigenvalue weighted by Crippen LogP contribution is 2.37. The van der Waals surface area contributed by atoms with Crippen molar-refractivity contribution in [2.24, 2.45) is 0 Å². The van der Waals surface area contributed by atoms with Gasteiger partial charge in [-0.25, -0.2) is 0 Å². The summed E-state index contributed by atoms with van der Waals surface area (Å²) in [5.74, 6) is 1.53. The van der Waals surface area contributed by atoms with E-state index in [0.717, 1.165) is 23.7 Å². The summed E-state index contributed by atoms with van der Waals surface area (Å²) in [6.45, 7) is 4.39. The minimum Gasteiger partial charge on any atom is -0.486 e. The Labute approximate surface area is 126 Å². The van der Waals surface area contributed by atoms with Crippen LogP contribution in [0.15, 0.2) is 12.1 Å². The minimum atomic E-state index is 0.591. The van der Waals surface area contributed by atoms with Crippen molar-refractivity contribution >= 4 is 17.3 Å². The largest absolute Gasteiger partial charge is 0.486 e. The number of nitrogens with one attached hydrogen (secondary N) is 1. The van der Waals surface area contributed by atoms with Gasteiger partial charge < -0.3 is 14.8 Å². The molecule has 0 atom stereocenters. The topological polar surface area (TPSA) is 30.5 Å². The standard InChI is InChI=1S/C16H24ClNO2/c1-2-3-4-5-6-7-8-18-14-12-16-15(11-13(14)17)19-9-10-20-16/h11-12,18H,2-10H2,1H3. The number of fused-ring (bicyclic) bond motifs is 1. The molecule has 1 N–H and O–H groups in total. The van der Waals surface area contributed by atoms with E-state index in [9.17, 15) is 0 Å². The van der Waals surface area contributed by atoms with E-state index in [1.807, 2.05) is 12.1 Å². The van der Waals surface area contributed by atoms with Crippen LogP contribution < -0.4 is 14.8 Å². The zero-order valence-corrected chi connectivity index (χ0v) is 13.0. The Kier molecular flexibility index (Phi) is 6.31. The highest BCUT2D eigenvalue weighted by molar-refractivity contribution is 6.33. The Balaban J connectivity index is 1.75. The molecule has 0 fully saturated rings. The molecule has 4 heteroatoms. The van der Waals surface area contributed by atoms with Gasteiger partial charge in [-0.3, -0.25) is 0 Å². The van der Waals surface area contributed by atoms with Crippen molar-refractivity contribution in [2.75, 3.05) is 25.1 Å². The second-order valence-electron chi connectivity index (χ2n) is 5.17. The van der Waals surface area contributed by atoms with Gasteiger partial charge in [-0.05, 0) is 6.42 Å². The van der Waals surface area contributed by atoms with Gasteiger partial charge in [0.15, 0.2) is 11.5 Å². The number of benzene rings is 1. The van der Waals surface area contributed by atoms with Gasteiger partial charge >= 0.3 is 0 Å². The second kappa shape index (κ2) is 8.25. The lowest BCUT2D eigenvalue weighted by atomic mass is 10.1. The number of halogens is 1. The van der Waals surface area contributed by atoms with Gasteiger partial charge in [0, 0.05) is 18.7 Å². The van der Waals surface area contributed by atoms with E-state index in [1.165, 1.54) is 38.5 Å². The summed E-state index contributed by atoms with van der Waals surface area (Å²) in [5.41, 5.74) is 0.935. The molecule has 0 aromatic heterocycles. The van der Waals surface area contributed by atoms with E-state index in [1.54, 1.807) is 0 Å². The lowest BCUT2D eigenvalue weighted by Crippen LogP contribution is -2.15. The first-order valence-electron chi connectivity index (χ1n) is 7.64. The summed E-state index contributed by atoms with van der Waals surface area (Å²) in [6.07, 6.45) is 7.77. The zero-order valence-electron chi connectivity index (χ0n) is 12.2. The molecule has 1 aliphatic heterocycles. The smallest absolute Gasteiger partial charge is 0.163 e. The second-order valence-corrected chi connectivity index (χ2v) is 5.58. The van der Waals surface area contributed by atoms with Gasteiger partial charge in [0.25, 0.3) is 0 Å². The normalized spacial score (nSPS) is 13.3. The Hall–Kier alpha value is -1.09. The van der Waals surface area contributed by atoms with Crippen molar-refractivity contribution in [3.05, 3.63) is 17.2 Å². The predicted octanol–water partition coefficient (Wildman–Crippen LogP) is 4.88. The summed E-state index contributed by atoms with van der Waals surface area (Å²) in [7, 11) is 0. The first-order valence-corrected chi connectivity index (χ1v) is 8.02. The number of hydrogen-bond donors (Lipinski definition) is 1. The van der Waals surface area contributed by atoms with Crippen LogP contribution >= 0.6 is 11.6 Å². The summed E-state index contributed by atoms with van der Waals surface area (Å²) >= 11 is 6.24. The highest BCUT2D eigenvalue weighted by atomic mass is 35.5. The molecule has 20 heavy (non-hydrogen) atoms. The summed E-state index contributed by atoms with van der Waals surface area (Å²) < 4.78 is 11.1. The first kappa shape index (κ1) is 15.3. The van der Waals surface area contributed by atoms with Gasteiger partial charge in [-0.15, -0.1) is 0 Å². The molecule has 1 aliphatic rings. The fraction of sp³-hybridized carbons (Fsp3) is 0.625. The molecule has 0 saturated heterocycles. The van der Waals surface area contributed by atoms with Gasteiger partial charge in [0.1, 0.15) is 13.2 Å². The average molecular weight is 298 g/mol. The maximum atomic E-state index is 6.24. The molecule has 1 aromatic rings. The van der Waals surface area contributed by atoms with Crippen LogP contribution in [-0.4, -0.2) is 19.8 Å². The van der Waals surface area contributed by atoms with Gasteiger partial charge in [0.2, 0.25) is 0 Å². The quantitative estimate of drug-likeness (QED) is 0.693. The van der Waals surface area contributed by atoms with Crippen molar-refractivity contribution in [1.82, 2.24) is 0 Å². The molecule has 0 aliphatic carbocycles.